The summed E-state index contributed by atoms with van der Waals surface area (Å²) in [4.78, 5) is 37.4. The number of amides is 1. The Morgan fingerprint density at radius 2 is 1.88 bits per heavy atom. The number of Topliss-reactive ketones (excluding diaryl/α,β-unsaturated/α-hetero) is 2. The fourth-order valence-corrected chi connectivity index (χ4v) is 3.41. The van der Waals surface area contributed by atoms with Crippen LogP contribution in [-0.4, -0.2) is 36.8 Å². The summed E-state index contributed by atoms with van der Waals surface area (Å²) in [7, 11) is 2.81. The number of hydrogen-bond donors (Lipinski definition) is 2. The molecule has 2 atom stereocenters. The molecule has 2 N–H and O–H groups in total. The number of rotatable bonds is 4. The van der Waals surface area contributed by atoms with Crippen molar-refractivity contribution in [2.45, 2.75) is 18.9 Å². The number of ether oxygens (including phenoxy) is 2. The molecule has 0 heterocycles. The van der Waals surface area contributed by atoms with Crippen molar-refractivity contribution < 1.29 is 29.0 Å². The maximum Gasteiger partial charge on any atom is 0.221 e. The second-order valence-corrected chi connectivity index (χ2v) is 6.18. The Hall–Kier alpha value is -2.93. The number of anilines is 1. The number of carbonyl (C=O) groups excluding carboxylic acids is 3. The van der Waals surface area contributed by atoms with Gasteiger partial charge in [-0.25, -0.2) is 0 Å². The first-order valence-corrected chi connectivity index (χ1v) is 8.06. The molecule has 0 bridgehead atoms. The maximum absolute atomic E-state index is 12.9. The van der Waals surface area contributed by atoms with Gasteiger partial charge in [0.25, 0.3) is 0 Å². The molecular weight excluding hydrogens is 338 g/mol. The Bertz CT molecular complexity index is 869. The molecule has 7 nitrogen and oxygen atoms in total. The van der Waals surface area contributed by atoms with Gasteiger partial charge < -0.3 is 19.9 Å². The average Bonchev–Trinajstić information content (AvgIpc) is 2.83. The lowest BCUT2D eigenvalue weighted by molar-refractivity contribution is -0.146. The largest absolute Gasteiger partial charge is 0.493 e. The molecule has 2 aliphatic rings. The highest BCUT2D eigenvalue weighted by Gasteiger charge is 2.58. The summed E-state index contributed by atoms with van der Waals surface area (Å²) in [6.07, 6.45) is 5.35. The van der Waals surface area contributed by atoms with E-state index in [1.54, 1.807) is 18.2 Å². The molecule has 1 saturated carbocycles. The van der Waals surface area contributed by atoms with Crippen LogP contribution < -0.4 is 14.8 Å². The van der Waals surface area contributed by atoms with Crippen molar-refractivity contribution in [3.8, 4) is 11.5 Å². The molecule has 0 aromatic heterocycles. The van der Waals surface area contributed by atoms with E-state index in [2.05, 4.69) is 5.32 Å². The molecule has 0 aliphatic heterocycles. The molecular formula is C19H19NO6. The summed E-state index contributed by atoms with van der Waals surface area (Å²) in [6, 6.07) is 2.77. The maximum atomic E-state index is 12.9. The topological polar surface area (TPSA) is 102 Å². The van der Waals surface area contributed by atoms with E-state index < -0.39 is 29.0 Å². The van der Waals surface area contributed by atoms with Crippen molar-refractivity contribution in [2.75, 3.05) is 19.5 Å². The van der Waals surface area contributed by atoms with E-state index in [1.165, 1.54) is 33.3 Å². The Labute approximate surface area is 150 Å². The smallest absolute Gasteiger partial charge is 0.221 e. The Morgan fingerprint density at radius 1 is 1.23 bits per heavy atom. The molecule has 3 rings (SSSR count). The highest BCUT2D eigenvalue weighted by atomic mass is 16.5. The van der Waals surface area contributed by atoms with Gasteiger partial charge in [0, 0.05) is 24.1 Å². The van der Waals surface area contributed by atoms with Crippen molar-refractivity contribution in [3.63, 3.8) is 0 Å². The van der Waals surface area contributed by atoms with Crippen molar-refractivity contribution in [3.05, 3.63) is 41.5 Å². The van der Waals surface area contributed by atoms with Crippen LogP contribution in [0.15, 0.2) is 35.9 Å². The van der Waals surface area contributed by atoms with Gasteiger partial charge in [0.2, 0.25) is 17.3 Å². The summed E-state index contributed by atoms with van der Waals surface area (Å²) in [6.45, 7) is 1.29. The number of methoxy groups -OCH3 is 2. The number of carbonyl (C=O) groups is 3. The first kappa shape index (κ1) is 17.9. The molecule has 1 amide bonds. The fraction of sp³-hybridized carbons (Fsp3) is 0.316. The van der Waals surface area contributed by atoms with Crippen molar-refractivity contribution in [1.82, 2.24) is 0 Å². The Kier molecular flexibility index (Phi) is 4.41. The summed E-state index contributed by atoms with van der Waals surface area (Å²) in [5.41, 5.74) is -2.04. The van der Waals surface area contributed by atoms with Gasteiger partial charge in [-0.1, -0.05) is 18.2 Å². The summed E-state index contributed by atoms with van der Waals surface area (Å²) in [5, 5.41) is 13.7. The lowest BCUT2D eigenvalue weighted by Crippen LogP contribution is -2.39. The van der Waals surface area contributed by atoms with E-state index in [0.29, 0.717) is 12.2 Å². The van der Waals surface area contributed by atoms with Crippen LogP contribution in [0.3, 0.4) is 0 Å². The third kappa shape index (κ3) is 2.52. The zero-order valence-electron chi connectivity index (χ0n) is 14.7. The number of nitrogens with one attached hydrogen (secondary N) is 1. The monoisotopic (exact) mass is 357 g/mol. The van der Waals surface area contributed by atoms with Crippen molar-refractivity contribution in [2.24, 2.45) is 5.92 Å². The molecule has 0 radical (unpaired) electrons. The van der Waals surface area contributed by atoms with Crippen LogP contribution in [0.4, 0.5) is 5.69 Å². The number of hydrogen-bond acceptors (Lipinski definition) is 6. The zero-order chi connectivity index (χ0) is 19.1. The van der Waals surface area contributed by atoms with E-state index in [9.17, 15) is 19.5 Å². The molecule has 0 spiro atoms. The summed E-state index contributed by atoms with van der Waals surface area (Å²) in [5.74, 6) is -1.89. The molecule has 136 valence electrons. The third-order valence-corrected chi connectivity index (χ3v) is 4.65. The standard InChI is InChI=1S/C19H19NO6/c1-10(21)20-14-9-16(26-3)15(25-2)8-13(14)19(24)17(22)11-6-4-5-7-12(11)18(19)23/h4-6,8-9,12,24H,7H2,1-3H3,(H,20,21). The van der Waals surface area contributed by atoms with E-state index in [0.717, 1.165) is 0 Å². The van der Waals surface area contributed by atoms with Gasteiger partial charge in [0.1, 0.15) is 0 Å². The molecule has 0 saturated heterocycles. The van der Waals surface area contributed by atoms with Crippen LogP contribution in [-0.2, 0) is 20.0 Å². The van der Waals surface area contributed by atoms with Crippen molar-refractivity contribution >= 4 is 23.2 Å². The zero-order valence-corrected chi connectivity index (χ0v) is 14.7. The van der Waals surface area contributed by atoms with Gasteiger partial charge in [-0.05, 0) is 12.5 Å². The Morgan fingerprint density at radius 3 is 2.46 bits per heavy atom. The van der Waals surface area contributed by atoms with Crippen LogP contribution in [0.1, 0.15) is 18.9 Å². The first-order valence-electron chi connectivity index (χ1n) is 8.06. The normalized spacial score (nSPS) is 24.2. The van der Waals surface area contributed by atoms with Gasteiger partial charge in [0.15, 0.2) is 17.3 Å². The van der Waals surface area contributed by atoms with Crippen LogP contribution >= 0.6 is 0 Å². The van der Waals surface area contributed by atoms with Gasteiger partial charge in [-0.15, -0.1) is 0 Å². The molecule has 1 aromatic carbocycles. The van der Waals surface area contributed by atoms with E-state index in [4.69, 9.17) is 9.47 Å². The third-order valence-electron chi connectivity index (χ3n) is 4.65. The fourth-order valence-electron chi connectivity index (χ4n) is 3.41. The number of ketones is 2. The number of allylic oxidation sites excluding steroid dienone is 3. The lowest BCUT2D eigenvalue weighted by Gasteiger charge is -2.24. The van der Waals surface area contributed by atoms with E-state index in [-0.39, 0.29) is 22.6 Å². The molecule has 1 fully saturated rings. The van der Waals surface area contributed by atoms with Crippen LogP contribution in [0, 0.1) is 5.92 Å². The predicted molar refractivity (Wildman–Crippen MR) is 93.1 cm³/mol. The van der Waals surface area contributed by atoms with Crippen LogP contribution in [0.5, 0.6) is 11.5 Å². The number of benzene rings is 1. The second kappa shape index (κ2) is 6.42. The molecule has 2 aliphatic carbocycles. The number of fused-ring (bicyclic) bond motifs is 1. The summed E-state index contributed by atoms with van der Waals surface area (Å²) >= 11 is 0. The van der Waals surface area contributed by atoms with Gasteiger partial charge >= 0.3 is 0 Å². The molecule has 2 unspecified atom stereocenters. The van der Waals surface area contributed by atoms with Crippen LogP contribution in [0.25, 0.3) is 0 Å². The SMILES string of the molecule is COc1cc(NC(C)=O)c(C2(O)C(=O)C3=CC=CCC3C2=O)cc1OC. The predicted octanol–water partition coefficient (Wildman–Crippen LogP) is 1.50. The average molecular weight is 357 g/mol. The van der Waals surface area contributed by atoms with Crippen LogP contribution in [0.2, 0.25) is 0 Å². The van der Waals surface area contributed by atoms with E-state index in [1.807, 2.05) is 0 Å². The van der Waals surface area contributed by atoms with Gasteiger partial charge in [-0.3, -0.25) is 14.4 Å². The highest BCUT2D eigenvalue weighted by molar-refractivity contribution is 6.27. The minimum Gasteiger partial charge on any atom is -0.493 e. The van der Waals surface area contributed by atoms with Gasteiger partial charge in [0.05, 0.1) is 25.8 Å². The first-order chi connectivity index (χ1) is 12.3. The van der Waals surface area contributed by atoms with Crippen molar-refractivity contribution in [1.29, 1.82) is 0 Å². The summed E-state index contributed by atoms with van der Waals surface area (Å²) < 4.78 is 10.4. The minimum absolute atomic E-state index is 0.0318. The second-order valence-electron chi connectivity index (χ2n) is 6.18. The molecule has 26 heavy (non-hydrogen) atoms. The van der Waals surface area contributed by atoms with Gasteiger partial charge in [-0.2, -0.15) is 0 Å². The molecule has 1 aromatic rings. The van der Waals surface area contributed by atoms with E-state index >= 15 is 0 Å². The highest BCUT2D eigenvalue weighted by Crippen LogP contribution is 2.47. The number of aliphatic hydroxyl groups is 1. The lowest BCUT2D eigenvalue weighted by atomic mass is 9.87. The quantitative estimate of drug-likeness (QED) is 0.792. The minimum atomic E-state index is -2.39. The Balaban J connectivity index is 2.22. The molecule has 7 heteroatoms.